The van der Waals surface area contributed by atoms with Gasteiger partial charge in [0.2, 0.25) is 0 Å². The number of nitrogens with zero attached hydrogens (tertiary/aromatic N) is 3. The van der Waals surface area contributed by atoms with Crippen LogP contribution in [0.15, 0.2) is 35.3 Å². The fourth-order valence-corrected chi connectivity index (χ4v) is 3.23. The van der Waals surface area contributed by atoms with Crippen molar-refractivity contribution in [1.82, 2.24) is 15.1 Å². The Morgan fingerprint density at radius 2 is 2.09 bits per heavy atom. The molecule has 6 heteroatoms. The van der Waals surface area contributed by atoms with Gasteiger partial charge in [-0.25, -0.2) is 0 Å². The number of thioether (sulfide) groups is 1. The summed E-state index contributed by atoms with van der Waals surface area (Å²) in [5, 5.41) is 8.09. The van der Waals surface area contributed by atoms with Gasteiger partial charge in [0.1, 0.15) is 0 Å². The van der Waals surface area contributed by atoms with Crippen molar-refractivity contribution in [2.45, 2.75) is 20.4 Å². The lowest BCUT2D eigenvalue weighted by Gasteiger charge is -2.06. The van der Waals surface area contributed by atoms with Crippen molar-refractivity contribution in [3.63, 3.8) is 0 Å². The number of rotatable bonds is 3. The van der Waals surface area contributed by atoms with Gasteiger partial charge in [-0.3, -0.25) is 14.5 Å². The molecule has 0 fully saturated rings. The van der Waals surface area contributed by atoms with Gasteiger partial charge < -0.3 is 5.32 Å². The van der Waals surface area contributed by atoms with E-state index in [2.05, 4.69) is 27.5 Å². The summed E-state index contributed by atoms with van der Waals surface area (Å²) in [6, 6.07) is 10.1. The molecule has 1 aromatic carbocycles. The minimum Gasteiger partial charge on any atom is -0.301 e. The van der Waals surface area contributed by atoms with Crippen LogP contribution in [-0.2, 0) is 6.54 Å². The number of carbonyl (C=O) groups is 1. The molecule has 0 spiro atoms. The fourth-order valence-electron chi connectivity index (χ4n) is 2.51. The lowest BCUT2D eigenvalue weighted by Crippen LogP contribution is -2.28. The molecule has 3 rings (SSSR count). The molecule has 1 N–H and O–H groups in total. The first kappa shape index (κ1) is 14.8. The molecule has 0 radical (unpaired) electrons. The van der Waals surface area contributed by atoms with E-state index in [4.69, 9.17) is 0 Å². The van der Waals surface area contributed by atoms with Crippen LogP contribution in [0.25, 0.3) is 0 Å². The van der Waals surface area contributed by atoms with Crippen LogP contribution in [-0.4, -0.2) is 33.2 Å². The van der Waals surface area contributed by atoms with Crippen molar-refractivity contribution >= 4 is 22.8 Å². The number of aryl methyl sites for hydroxylation is 1. The van der Waals surface area contributed by atoms with E-state index >= 15 is 0 Å². The van der Waals surface area contributed by atoms with Crippen molar-refractivity contribution in [2.24, 2.45) is 4.99 Å². The van der Waals surface area contributed by atoms with Gasteiger partial charge in [0.15, 0.2) is 5.17 Å². The Morgan fingerprint density at radius 3 is 2.77 bits per heavy atom. The van der Waals surface area contributed by atoms with E-state index in [1.807, 2.05) is 36.7 Å². The molecular formula is C16H18N4OS. The fraction of sp³-hybridized carbons (Fsp3) is 0.312. The number of nitrogens with one attached hydrogen (secondary N) is 1. The van der Waals surface area contributed by atoms with Gasteiger partial charge in [0, 0.05) is 11.4 Å². The second kappa shape index (κ2) is 6.36. The van der Waals surface area contributed by atoms with E-state index < -0.39 is 0 Å². The highest BCUT2D eigenvalue weighted by Crippen LogP contribution is 2.16. The van der Waals surface area contributed by atoms with Gasteiger partial charge in [0.05, 0.1) is 24.3 Å². The highest BCUT2D eigenvalue weighted by molar-refractivity contribution is 8.14. The first-order valence-corrected chi connectivity index (χ1v) is 8.20. The molecule has 2 heterocycles. The maximum atomic E-state index is 12.4. The van der Waals surface area contributed by atoms with Crippen molar-refractivity contribution < 1.29 is 4.79 Å². The summed E-state index contributed by atoms with van der Waals surface area (Å²) in [5.74, 6) is 0.809. The monoisotopic (exact) mass is 314 g/mol. The average Bonchev–Trinajstić information content (AvgIpc) is 3.09. The Morgan fingerprint density at radius 1 is 1.32 bits per heavy atom. The van der Waals surface area contributed by atoms with E-state index in [0.29, 0.717) is 17.3 Å². The predicted octanol–water partition coefficient (Wildman–Crippen LogP) is 2.38. The third kappa shape index (κ3) is 3.06. The smallest absolute Gasteiger partial charge is 0.260 e. The van der Waals surface area contributed by atoms with E-state index in [0.717, 1.165) is 29.2 Å². The zero-order chi connectivity index (χ0) is 15.5. The maximum Gasteiger partial charge on any atom is 0.260 e. The molecule has 0 bridgehead atoms. The summed E-state index contributed by atoms with van der Waals surface area (Å²) in [7, 11) is 0. The highest BCUT2D eigenvalue weighted by atomic mass is 32.2. The third-order valence-electron chi connectivity index (χ3n) is 3.59. The number of aliphatic imine (C=N–C) groups is 1. The summed E-state index contributed by atoms with van der Waals surface area (Å²) in [4.78, 5) is 16.7. The van der Waals surface area contributed by atoms with Crippen molar-refractivity contribution in [3.05, 3.63) is 52.8 Å². The van der Waals surface area contributed by atoms with E-state index in [1.165, 1.54) is 0 Å². The average molecular weight is 314 g/mol. The number of benzene rings is 1. The normalized spacial score (nSPS) is 14.0. The van der Waals surface area contributed by atoms with Crippen LogP contribution in [0.3, 0.4) is 0 Å². The molecule has 1 aromatic heterocycles. The van der Waals surface area contributed by atoms with Crippen LogP contribution in [0, 0.1) is 13.8 Å². The van der Waals surface area contributed by atoms with Gasteiger partial charge in [-0.05, 0) is 19.4 Å². The van der Waals surface area contributed by atoms with Gasteiger partial charge in [-0.15, -0.1) is 0 Å². The standard InChI is InChI=1S/C16H18N4OS/c1-11-14(15(21)18-16-17-8-9-22-16)12(2)20(19-11)10-13-6-4-3-5-7-13/h3-7H,8-10H2,1-2H3,(H,17,18,21). The van der Waals surface area contributed by atoms with Crippen LogP contribution in [0.4, 0.5) is 0 Å². The topological polar surface area (TPSA) is 59.3 Å². The van der Waals surface area contributed by atoms with Crippen molar-refractivity contribution in [3.8, 4) is 0 Å². The minimum absolute atomic E-state index is 0.123. The number of carbonyl (C=O) groups excluding carboxylic acids is 1. The molecule has 0 saturated carbocycles. The Balaban J connectivity index is 1.82. The largest absolute Gasteiger partial charge is 0.301 e. The minimum atomic E-state index is -0.123. The van der Waals surface area contributed by atoms with Crippen LogP contribution < -0.4 is 5.32 Å². The summed E-state index contributed by atoms with van der Waals surface area (Å²) in [6.45, 7) is 5.23. The Kier molecular flexibility index (Phi) is 4.29. The van der Waals surface area contributed by atoms with E-state index in [9.17, 15) is 4.79 Å². The number of hydrogen-bond acceptors (Lipinski definition) is 4. The second-order valence-corrected chi connectivity index (χ2v) is 6.26. The lowest BCUT2D eigenvalue weighted by atomic mass is 10.2. The molecule has 0 saturated heterocycles. The van der Waals surface area contributed by atoms with E-state index in [-0.39, 0.29) is 5.91 Å². The number of aromatic nitrogens is 2. The summed E-state index contributed by atoms with van der Waals surface area (Å²) < 4.78 is 1.88. The molecule has 1 amide bonds. The molecule has 5 nitrogen and oxygen atoms in total. The predicted molar refractivity (Wildman–Crippen MR) is 89.5 cm³/mol. The lowest BCUT2D eigenvalue weighted by molar-refractivity contribution is 0.0976. The molecular weight excluding hydrogens is 296 g/mol. The Labute approximate surface area is 133 Å². The number of amidine groups is 1. The zero-order valence-corrected chi connectivity index (χ0v) is 13.5. The highest BCUT2D eigenvalue weighted by Gasteiger charge is 2.20. The van der Waals surface area contributed by atoms with Gasteiger partial charge >= 0.3 is 0 Å². The molecule has 0 atom stereocenters. The van der Waals surface area contributed by atoms with Crippen molar-refractivity contribution in [2.75, 3.05) is 12.3 Å². The molecule has 0 aliphatic carbocycles. The van der Waals surface area contributed by atoms with Gasteiger partial charge in [0.25, 0.3) is 5.91 Å². The van der Waals surface area contributed by atoms with Crippen LogP contribution in [0.5, 0.6) is 0 Å². The molecule has 2 aromatic rings. The number of amides is 1. The summed E-state index contributed by atoms with van der Waals surface area (Å²) in [5.41, 5.74) is 3.43. The maximum absolute atomic E-state index is 12.4. The van der Waals surface area contributed by atoms with Crippen LogP contribution >= 0.6 is 11.8 Å². The van der Waals surface area contributed by atoms with Crippen LogP contribution in [0.2, 0.25) is 0 Å². The molecule has 0 unspecified atom stereocenters. The van der Waals surface area contributed by atoms with Crippen molar-refractivity contribution in [1.29, 1.82) is 0 Å². The number of hydrogen-bond donors (Lipinski definition) is 1. The summed E-state index contributed by atoms with van der Waals surface area (Å²) >= 11 is 1.58. The first-order chi connectivity index (χ1) is 10.6. The van der Waals surface area contributed by atoms with Crippen LogP contribution in [0.1, 0.15) is 27.3 Å². The SMILES string of the molecule is Cc1nn(Cc2ccccc2)c(C)c1C(=O)NC1=NCCS1. The summed E-state index contributed by atoms with van der Waals surface area (Å²) in [6.07, 6.45) is 0. The third-order valence-corrected chi connectivity index (χ3v) is 4.48. The van der Waals surface area contributed by atoms with E-state index in [1.54, 1.807) is 11.8 Å². The first-order valence-electron chi connectivity index (χ1n) is 7.21. The van der Waals surface area contributed by atoms with Gasteiger partial charge in [-0.1, -0.05) is 42.1 Å². The second-order valence-electron chi connectivity index (χ2n) is 5.18. The molecule has 1 aliphatic rings. The zero-order valence-electron chi connectivity index (χ0n) is 12.7. The Hall–Kier alpha value is -2.08. The molecule has 114 valence electrons. The Bertz CT molecular complexity index is 721. The van der Waals surface area contributed by atoms with Gasteiger partial charge in [-0.2, -0.15) is 5.10 Å². The quantitative estimate of drug-likeness (QED) is 0.946. The molecule has 22 heavy (non-hydrogen) atoms. The molecule has 1 aliphatic heterocycles.